The lowest BCUT2D eigenvalue weighted by molar-refractivity contribution is -0.117. The highest BCUT2D eigenvalue weighted by atomic mass is 35.5. The molecule has 0 spiro atoms. The average Bonchev–Trinajstić information content (AvgIpc) is 2.42. The molecule has 0 aliphatic heterocycles. The van der Waals surface area contributed by atoms with Gasteiger partial charge in [0, 0.05) is 18.0 Å². The molecule has 0 aliphatic carbocycles. The van der Waals surface area contributed by atoms with Crippen LogP contribution in [0.2, 0.25) is 5.02 Å². The first-order valence-electron chi connectivity index (χ1n) is 5.66. The molecule has 1 aromatic heterocycles. The largest absolute Gasteiger partial charge is 0.324 e. The molecule has 1 aromatic carbocycles. The molecule has 96 valence electrons. The van der Waals surface area contributed by atoms with Gasteiger partial charge in [0.1, 0.15) is 0 Å². The Hall–Kier alpha value is -2.09. The molecule has 19 heavy (non-hydrogen) atoms. The molecular weight excluding hydrogens is 262 g/mol. The van der Waals surface area contributed by atoms with Crippen molar-refractivity contribution in [1.82, 2.24) is 4.98 Å². The maximum atomic E-state index is 11.8. The summed E-state index contributed by atoms with van der Waals surface area (Å²) in [6, 6.07) is 6.27. The number of carbonyl (C=O) groups excluding carboxylic acids is 1. The van der Waals surface area contributed by atoms with Crippen LogP contribution in [-0.2, 0) is 4.79 Å². The van der Waals surface area contributed by atoms with Gasteiger partial charge in [-0.3, -0.25) is 9.78 Å². The zero-order valence-corrected chi connectivity index (χ0v) is 10.8. The number of anilines is 1. The van der Waals surface area contributed by atoms with Crippen LogP contribution in [0.3, 0.4) is 0 Å². The normalized spacial score (nSPS) is 11.8. The molecule has 0 saturated carbocycles. The lowest BCUT2D eigenvalue weighted by atomic mass is 10.1. The number of carbonyl (C=O) groups is 1. The van der Waals surface area contributed by atoms with Crippen molar-refractivity contribution in [2.75, 3.05) is 5.32 Å². The zero-order valence-electron chi connectivity index (χ0n) is 10.1. The molecule has 4 nitrogen and oxygen atoms in total. The number of hydrogen-bond donors (Lipinski definition) is 2. The summed E-state index contributed by atoms with van der Waals surface area (Å²) < 4.78 is 0. The predicted octanol–water partition coefficient (Wildman–Crippen LogP) is 2.18. The standard InChI is InChI=1S/C14H12ClN3O/c1-2-4-11(16)14(19)18-12-7-6-10(15)13-9(12)5-3-8-17-13/h1,3,5-8,11H,4,16H2,(H,18,19). The lowest BCUT2D eigenvalue weighted by Gasteiger charge is -2.12. The Balaban J connectivity index is 2.34. The molecule has 0 bridgehead atoms. The van der Waals surface area contributed by atoms with Gasteiger partial charge in [-0.05, 0) is 24.3 Å². The van der Waals surface area contributed by atoms with Gasteiger partial charge in [0.25, 0.3) is 0 Å². The molecule has 1 heterocycles. The summed E-state index contributed by atoms with van der Waals surface area (Å²) in [6.07, 6.45) is 6.97. The Bertz CT molecular complexity index is 663. The van der Waals surface area contributed by atoms with Gasteiger partial charge in [-0.15, -0.1) is 12.3 Å². The zero-order chi connectivity index (χ0) is 13.8. The van der Waals surface area contributed by atoms with Gasteiger partial charge in [-0.2, -0.15) is 0 Å². The van der Waals surface area contributed by atoms with E-state index < -0.39 is 6.04 Å². The van der Waals surface area contributed by atoms with Gasteiger partial charge < -0.3 is 11.1 Å². The van der Waals surface area contributed by atoms with Crippen LogP contribution in [0.15, 0.2) is 30.5 Å². The number of halogens is 1. The lowest BCUT2D eigenvalue weighted by Crippen LogP contribution is -2.35. The Morgan fingerprint density at radius 2 is 2.32 bits per heavy atom. The first-order valence-corrected chi connectivity index (χ1v) is 6.04. The van der Waals surface area contributed by atoms with Crippen molar-refractivity contribution in [3.8, 4) is 12.3 Å². The number of rotatable bonds is 3. The summed E-state index contributed by atoms with van der Waals surface area (Å²) in [5, 5.41) is 4.03. The number of amides is 1. The quantitative estimate of drug-likeness (QED) is 0.842. The molecule has 0 radical (unpaired) electrons. The minimum atomic E-state index is -0.729. The molecule has 2 rings (SSSR count). The molecule has 0 fully saturated rings. The van der Waals surface area contributed by atoms with Crippen molar-refractivity contribution >= 4 is 34.1 Å². The number of benzene rings is 1. The fourth-order valence-electron chi connectivity index (χ4n) is 1.69. The minimum Gasteiger partial charge on any atom is -0.324 e. The van der Waals surface area contributed by atoms with Crippen molar-refractivity contribution in [3.63, 3.8) is 0 Å². The summed E-state index contributed by atoms with van der Waals surface area (Å²) in [5.74, 6) is 2.03. The van der Waals surface area contributed by atoms with Gasteiger partial charge >= 0.3 is 0 Å². The smallest absolute Gasteiger partial charge is 0.242 e. The topological polar surface area (TPSA) is 68.0 Å². The number of fused-ring (bicyclic) bond motifs is 1. The summed E-state index contributed by atoms with van der Waals surface area (Å²) in [7, 11) is 0. The van der Waals surface area contributed by atoms with Gasteiger partial charge in [0.15, 0.2) is 0 Å². The Labute approximate surface area is 116 Å². The van der Waals surface area contributed by atoms with Crippen molar-refractivity contribution in [1.29, 1.82) is 0 Å². The average molecular weight is 274 g/mol. The number of hydrogen-bond acceptors (Lipinski definition) is 3. The number of pyridine rings is 1. The second-order valence-corrected chi connectivity index (χ2v) is 4.41. The van der Waals surface area contributed by atoms with Crippen LogP contribution >= 0.6 is 11.6 Å². The monoisotopic (exact) mass is 273 g/mol. The first-order chi connectivity index (χ1) is 9.13. The molecule has 0 saturated heterocycles. The second-order valence-electron chi connectivity index (χ2n) is 4.00. The third-order valence-electron chi connectivity index (χ3n) is 2.65. The van der Waals surface area contributed by atoms with Crippen LogP contribution in [0, 0.1) is 12.3 Å². The van der Waals surface area contributed by atoms with Gasteiger partial charge in [0.05, 0.1) is 22.3 Å². The van der Waals surface area contributed by atoms with E-state index in [1.807, 2.05) is 6.07 Å². The number of nitrogens with two attached hydrogens (primary N) is 1. The van der Waals surface area contributed by atoms with E-state index in [1.165, 1.54) is 0 Å². The SMILES string of the molecule is C#CCC(N)C(=O)Nc1ccc(Cl)c2ncccc12. The number of terminal acetylenes is 1. The van der Waals surface area contributed by atoms with E-state index >= 15 is 0 Å². The molecule has 3 N–H and O–H groups in total. The van der Waals surface area contributed by atoms with E-state index in [4.69, 9.17) is 23.8 Å². The first kappa shape index (κ1) is 13.3. The van der Waals surface area contributed by atoms with Crippen LogP contribution in [0.25, 0.3) is 10.9 Å². The minimum absolute atomic E-state index is 0.190. The van der Waals surface area contributed by atoms with Crippen molar-refractivity contribution in [3.05, 3.63) is 35.5 Å². The third-order valence-corrected chi connectivity index (χ3v) is 2.96. The van der Waals surface area contributed by atoms with Gasteiger partial charge in [0.2, 0.25) is 5.91 Å². The summed E-state index contributed by atoms with van der Waals surface area (Å²) in [5.41, 5.74) is 6.90. The summed E-state index contributed by atoms with van der Waals surface area (Å²) in [6.45, 7) is 0. The van der Waals surface area contributed by atoms with Gasteiger partial charge in [-0.1, -0.05) is 11.6 Å². The highest BCUT2D eigenvalue weighted by molar-refractivity contribution is 6.35. The highest BCUT2D eigenvalue weighted by Crippen LogP contribution is 2.27. The third kappa shape index (κ3) is 2.84. The maximum Gasteiger partial charge on any atom is 0.242 e. The molecule has 1 atom stereocenters. The highest BCUT2D eigenvalue weighted by Gasteiger charge is 2.14. The summed E-state index contributed by atoms with van der Waals surface area (Å²) >= 11 is 6.05. The summed E-state index contributed by atoms with van der Waals surface area (Å²) in [4.78, 5) is 16.0. The maximum absolute atomic E-state index is 11.8. The van der Waals surface area contributed by atoms with E-state index in [-0.39, 0.29) is 12.3 Å². The molecule has 0 aliphatic rings. The molecule has 5 heteroatoms. The van der Waals surface area contributed by atoms with Gasteiger partial charge in [-0.25, -0.2) is 0 Å². The molecule has 1 amide bonds. The van der Waals surface area contributed by atoms with Crippen LogP contribution in [-0.4, -0.2) is 16.9 Å². The van der Waals surface area contributed by atoms with Crippen LogP contribution in [0.1, 0.15) is 6.42 Å². The Morgan fingerprint density at radius 1 is 1.53 bits per heavy atom. The predicted molar refractivity (Wildman–Crippen MR) is 76.8 cm³/mol. The van der Waals surface area contributed by atoms with E-state index in [0.29, 0.717) is 16.2 Å². The number of aromatic nitrogens is 1. The van der Waals surface area contributed by atoms with Crippen LogP contribution in [0.4, 0.5) is 5.69 Å². The Kier molecular flexibility index (Phi) is 4.00. The molecule has 1 unspecified atom stereocenters. The Morgan fingerprint density at radius 3 is 3.05 bits per heavy atom. The van der Waals surface area contributed by atoms with Crippen LogP contribution < -0.4 is 11.1 Å². The van der Waals surface area contributed by atoms with Crippen molar-refractivity contribution in [2.45, 2.75) is 12.5 Å². The molecule has 2 aromatic rings. The van der Waals surface area contributed by atoms with E-state index in [0.717, 1.165) is 5.39 Å². The van der Waals surface area contributed by atoms with Crippen molar-refractivity contribution < 1.29 is 4.79 Å². The van der Waals surface area contributed by atoms with E-state index in [9.17, 15) is 4.79 Å². The number of nitrogens with zero attached hydrogens (tertiary/aromatic N) is 1. The number of nitrogens with one attached hydrogen (secondary N) is 1. The second kappa shape index (κ2) is 5.70. The van der Waals surface area contributed by atoms with E-state index in [2.05, 4.69) is 16.2 Å². The fraction of sp³-hybridized carbons (Fsp3) is 0.143. The van der Waals surface area contributed by atoms with Crippen LogP contribution in [0.5, 0.6) is 0 Å². The molecular formula is C14H12ClN3O. The fourth-order valence-corrected chi connectivity index (χ4v) is 1.91. The van der Waals surface area contributed by atoms with Crippen molar-refractivity contribution in [2.24, 2.45) is 5.73 Å². The van der Waals surface area contributed by atoms with E-state index in [1.54, 1.807) is 24.4 Å².